The van der Waals surface area contributed by atoms with Crippen LogP contribution in [0.15, 0.2) is 10.6 Å². The summed E-state index contributed by atoms with van der Waals surface area (Å²) < 4.78 is 9.54. The zero-order valence-corrected chi connectivity index (χ0v) is 6.05. The molecule has 0 aliphatic rings. The van der Waals surface area contributed by atoms with Crippen molar-refractivity contribution < 1.29 is 9.26 Å². The van der Waals surface area contributed by atoms with E-state index in [1.165, 1.54) is 0 Å². The van der Waals surface area contributed by atoms with Crippen LogP contribution in [0.4, 0.5) is 0 Å². The summed E-state index contributed by atoms with van der Waals surface area (Å²) in [6, 6.07) is 1.75. The van der Waals surface area contributed by atoms with Crippen LogP contribution < -0.4 is 10.1 Å². The van der Waals surface area contributed by atoms with Gasteiger partial charge in [-0.05, 0) is 7.05 Å². The summed E-state index contributed by atoms with van der Waals surface area (Å²) in [5.41, 5.74) is 0.847. The van der Waals surface area contributed by atoms with Gasteiger partial charge in [-0.25, -0.2) is 0 Å². The van der Waals surface area contributed by atoms with Crippen molar-refractivity contribution in [1.82, 2.24) is 10.5 Å². The Morgan fingerprint density at radius 3 is 3.10 bits per heavy atom. The van der Waals surface area contributed by atoms with Crippen molar-refractivity contribution >= 4 is 0 Å². The smallest absolute Gasteiger partial charge is 0.311 e. The third kappa shape index (κ3) is 1.48. The lowest BCUT2D eigenvalue weighted by Gasteiger charge is -1.87. The van der Waals surface area contributed by atoms with Crippen LogP contribution in [0.3, 0.4) is 0 Å². The summed E-state index contributed by atoms with van der Waals surface area (Å²) in [6.45, 7) is 0.701. The van der Waals surface area contributed by atoms with E-state index in [0.29, 0.717) is 12.5 Å². The SMILES string of the molecule is CNCc1cc(OC)on1. The van der Waals surface area contributed by atoms with Crippen LogP contribution in [0.5, 0.6) is 5.95 Å². The lowest BCUT2D eigenvalue weighted by molar-refractivity contribution is 0.259. The highest BCUT2D eigenvalue weighted by Gasteiger charge is 2.00. The third-order valence-corrected chi connectivity index (χ3v) is 1.10. The first-order valence-electron chi connectivity index (χ1n) is 3.01. The minimum atomic E-state index is 0.449. The maximum Gasteiger partial charge on any atom is 0.311 e. The molecule has 4 heteroatoms. The standard InChI is InChI=1S/C6H10N2O2/c1-7-4-5-3-6(9-2)10-8-5/h3,7H,4H2,1-2H3. The second-order valence-corrected chi connectivity index (χ2v) is 1.87. The highest BCUT2D eigenvalue weighted by Crippen LogP contribution is 2.10. The average Bonchev–Trinajstić information content (AvgIpc) is 2.37. The zero-order valence-electron chi connectivity index (χ0n) is 6.05. The second-order valence-electron chi connectivity index (χ2n) is 1.87. The third-order valence-electron chi connectivity index (χ3n) is 1.10. The van der Waals surface area contributed by atoms with E-state index >= 15 is 0 Å². The van der Waals surface area contributed by atoms with E-state index in [1.54, 1.807) is 13.2 Å². The van der Waals surface area contributed by atoms with Gasteiger partial charge in [-0.1, -0.05) is 5.16 Å². The molecule has 1 heterocycles. The molecule has 0 radical (unpaired) electrons. The normalized spacial score (nSPS) is 9.80. The number of nitrogens with zero attached hydrogens (tertiary/aromatic N) is 1. The summed E-state index contributed by atoms with van der Waals surface area (Å²) >= 11 is 0. The van der Waals surface area contributed by atoms with E-state index in [1.807, 2.05) is 7.05 Å². The fourth-order valence-corrected chi connectivity index (χ4v) is 0.653. The van der Waals surface area contributed by atoms with Gasteiger partial charge in [0.2, 0.25) is 0 Å². The molecular formula is C6H10N2O2. The first-order chi connectivity index (χ1) is 4.86. The molecule has 1 aromatic heterocycles. The number of nitrogens with one attached hydrogen (secondary N) is 1. The van der Waals surface area contributed by atoms with Crippen molar-refractivity contribution in [2.75, 3.05) is 14.2 Å². The van der Waals surface area contributed by atoms with Crippen molar-refractivity contribution in [1.29, 1.82) is 0 Å². The van der Waals surface area contributed by atoms with E-state index in [2.05, 4.69) is 10.5 Å². The minimum Gasteiger partial charge on any atom is -0.467 e. The van der Waals surface area contributed by atoms with Gasteiger partial charge in [-0.3, -0.25) is 0 Å². The molecule has 1 aromatic rings. The first-order valence-corrected chi connectivity index (χ1v) is 3.01. The monoisotopic (exact) mass is 142 g/mol. The van der Waals surface area contributed by atoms with E-state index in [0.717, 1.165) is 5.69 Å². The number of ether oxygens (including phenoxy) is 1. The predicted molar refractivity (Wildman–Crippen MR) is 35.8 cm³/mol. The second kappa shape index (κ2) is 3.22. The Balaban J connectivity index is 2.59. The summed E-state index contributed by atoms with van der Waals surface area (Å²) in [4.78, 5) is 0. The molecule has 0 saturated heterocycles. The molecular weight excluding hydrogens is 132 g/mol. The highest BCUT2D eigenvalue weighted by atomic mass is 16.6. The van der Waals surface area contributed by atoms with Gasteiger partial charge in [-0.15, -0.1) is 0 Å². The van der Waals surface area contributed by atoms with Gasteiger partial charge in [0.05, 0.1) is 7.11 Å². The summed E-state index contributed by atoms with van der Waals surface area (Å²) in [7, 11) is 3.39. The maximum atomic E-state index is 4.78. The van der Waals surface area contributed by atoms with Gasteiger partial charge < -0.3 is 14.6 Å². The molecule has 4 nitrogen and oxygen atoms in total. The number of hydrogen-bond acceptors (Lipinski definition) is 4. The Hall–Kier alpha value is -1.03. The van der Waals surface area contributed by atoms with Crippen LogP contribution in [0, 0.1) is 0 Å². The Labute approximate surface area is 59.2 Å². The van der Waals surface area contributed by atoms with Gasteiger partial charge in [0, 0.05) is 12.6 Å². The van der Waals surface area contributed by atoms with E-state index in [-0.39, 0.29) is 0 Å². The summed E-state index contributed by atoms with van der Waals surface area (Å²) in [6.07, 6.45) is 0. The molecule has 1 N–H and O–H groups in total. The van der Waals surface area contributed by atoms with Crippen molar-refractivity contribution in [2.24, 2.45) is 0 Å². The fourth-order valence-electron chi connectivity index (χ4n) is 0.653. The highest BCUT2D eigenvalue weighted by molar-refractivity contribution is 5.09. The van der Waals surface area contributed by atoms with Crippen LogP contribution in [-0.4, -0.2) is 19.3 Å². The van der Waals surface area contributed by atoms with E-state index in [4.69, 9.17) is 9.26 Å². The van der Waals surface area contributed by atoms with Gasteiger partial charge in [0.15, 0.2) is 0 Å². The van der Waals surface area contributed by atoms with E-state index in [9.17, 15) is 0 Å². The number of rotatable bonds is 3. The van der Waals surface area contributed by atoms with Crippen LogP contribution in [0.25, 0.3) is 0 Å². The topological polar surface area (TPSA) is 47.3 Å². The first kappa shape index (κ1) is 7.08. The lowest BCUT2D eigenvalue weighted by atomic mass is 10.4. The average molecular weight is 142 g/mol. The maximum absolute atomic E-state index is 4.78. The molecule has 0 amide bonds. The molecule has 0 atom stereocenters. The van der Waals surface area contributed by atoms with Crippen molar-refractivity contribution in [2.45, 2.75) is 6.54 Å². The molecule has 0 fully saturated rings. The van der Waals surface area contributed by atoms with E-state index < -0.39 is 0 Å². The molecule has 0 saturated carbocycles. The number of hydrogen-bond donors (Lipinski definition) is 1. The molecule has 0 bridgehead atoms. The quantitative estimate of drug-likeness (QED) is 0.663. The number of methoxy groups -OCH3 is 1. The Morgan fingerprint density at radius 1 is 1.80 bits per heavy atom. The Kier molecular flexibility index (Phi) is 2.28. The lowest BCUT2D eigenvalue weighted by Crippen LogP contribution is -2.04. The molecule has 0 spiro atoms. The van der Waals surface area contributed by atoms with Gasteiger partial charge in [0.1, 0.15) is 5.69 Å². The van der Waals surface area contributed by atoms with Gasteiger partial charge >= 0.3 is 5.95 Å². The molecule has 0 aliphatic heterocycles. The molecule has 10 heavy (non-hydrogen) atoms. The number of aromatic nitrogens is 1. The van der Waals surface area contributed by atoms with Gasteiger partial charge in [-0.2, -0.15) is 0 Å². The largest absolute Gasteiger partial charge is 0.467 e. The summed E-state index contributed by atoms with van der Waals surface area (Å²) in [5, 5.41) is 6.66. The van der Waals surface area contributed by atoms with Crippen LogP contribution in [0.2, 0.25) is 0 Å². The Bertz CT molecular complexity index is 197. The van der Waals surface area contributed by atoms with Crippen LogP contribution in [0.1, 0.15) is 5.69 Å². The summed E-state index contributed by atoms with van der Waals surface area (Å²) in [5.74, 6) is 0.449. The van der Waals surface area contributed by atoms with Crippen molar-refractivity contribution in [3.63, 3.8) is 0 Å². The molecule has 56 valence electrons. The zero-order chi connectivity index (χ0) is 7.40. The van der Waals surface area contributed by atoms with Crippen molar-refractivity contribution in [3.8, 4) is 5.95 Å². The molecule has 0 aliphatic carbocycles. The fraction of sp³-hybridized carbons (Fsp3) is 0.500. The van der Waals surface area contributed by atoms with Crippen LogP contribution >= 0.6 is 0 Å². The van der Waals surface area contributed by atoms with Crippen molar-refractivity contribution in [3.05, 3.63) is 11.8 Å². The molecule has 0 unspecified atom stereocenters. The van der Waals surface area contributed by atoms with Crippen LogP contribution in [-0.2, 0) is 6.54 Å². The minimum absolute atomic E-state index is 0.449. The Morgan fingerprint density at radius 2 is 2.60 bits per heavy atom. The predicted octanol–water partition coefficient (Wildman–Crippen LogP) is 0.403. The van der Waals surface area contributed by atoms with Gasteiger partial charge in [0.25, 0.3) is 0 Å². The molecule has 0 aromatic carbocycles. The molecule has 1 rings (SSSR count).